The molecule has 0 spiro atoms. The van der Waals surface area contributed by atoms with E-state index in [0.29, 0.717) is 11.1 Å². The molecule has 0 heterocycles. The van der Waals surface area contributed by atoms with Crippen LogP contribution in [0.25, 0.3) is 0 Å². The minimum Gasteiger partial charge on any atom is -0.465 e. The fourth-order valence-corrected chi connectivity index (χ4v) is 1.31. The second-order valence-electron chi connectivity index (χ2n) is 2.86. The Morgan fingerprint density at radius 2 is 1.77 bits per heavy atom. The van der Waals surface area contributed by atoms with Gasteiger partial charge in [-0.05, 0) is 19.8 Å². The Hall–Kier alpha value is -1.38. The summed E-state index contributed by atoms with van der Waals surface area (Å²) in [5.74, 6) is -0.516. The molecule has 0 fully saturated rings. The molecular weight excluding hydrogens is 168 g/mol. The Morgan fingerprint density at radius 3 is 2.23 bits per heavy atom. The Balaban J connectivity index is 2.94. The van der Waals surface area contributed by atoms with Crippen LogP contribution in [-0.2, 0) is 14.3 Å². The quantitative estimate of drug-likeness (QED) is 0.603. The third kappa shape index (κ3) is 2.05. The van der Waals surface area contributed by atoms with E-state index < -0.39 is 5.97 Å². The van der Waals surface area contributed by atoms with Crippen LogP contribution in [0.5, 0.6) is 0 Å². The SMILES string of the molecule is COC(=O)C1=CCCC=C1C(C)=O. The Morgan fingerprint density at radius 1 is 1.23 bits per heavy atom. The lowest BCUT2D eigenvalue weighted by Gasteiger charge is -2.11. The zero-order valence-electron chi connectivity index (χ0n) is 7.79. The summed E-state index contributed by atoms with van der Waals surface area (Å²) < 4.78 is 4.57. The largest absolute Gasteiger partial charge is 0.465 e. The van der Waals surface area contributed by atoms with Crippen molar-refractivity contribution < 1.29 is 14.3 Å². The van der Waals surface area contributed by atoms with Crippen molar-refractivity contribution in [1.82, 2.24) is 0 Å². The number of ketones is 1. The van der Waals surface area contributed by atoms with Crippen molar-refractivity contribution in [3.8, 4) is 0 Å². The summed E-state index contributed by atoms with van der Waals surface area (Å²) >= 11 is 0. The highest BCUT2D eigenvalue weighted by atomic mass is 16.5. The van der Waals surface area contributed by atoms with Gasteiger partial charge in [-0.1, -0.05) is 12.2 Å². The van der Waals surface area contributed by atoms with Gasteiger partial charge in [0.05, 0.1) is 12.7 Å². The molecule has 0 aromatic heterocycles. The van der Waals surface area contributed by atoms with Gasteiger partial charge in [-0.2, -0.15) is 0 Å². The van der Waals surface area contributed by atoms with Gasteiger partial charge >= 0.3 is 5.97 Å². The van der Waals surface area contributed by atoms with Crippen LogP contribution in [0.2, 0.25) is 0 Å². The average Bonchev–Trinajstić information content (AvgIpc) is 2.16. The molecule has 0 bridgehead atoms. The molecule has 13 heavy (non-hydrogen) atoms. The monoisotopic (exact) mass is 180 g/mol. The molecule has 3 heteroatoms. The highest BCUT2D eigenvalue weighted by Crippen LogP contribution is 2.20. The van der Waals surface area contributed by atoms with Crippen molar-refractivity contribution in [2.24, 2.45) is 0 Å². The van der Waals surface area contributed by atoms with E-state index in [0.717, 1.165) is 12.8 Å². The van der Waals surface area contributed by atoms with Crippen LogP contribution >= 0.6 is 0 Å². The van der Waals surface area contributed by atoms with E-state index in [1.54, 1.807) is 12.2 Å². The van der Waals surface area contributed by atoms with Crippen LogP contribution in [0, 0.1) is 0 Å². The lowest BCUT2D eigenvalue weighted by atomic mass is 9.95. The summed E-state index contributed by atoms with van der Waals surface area (Å²) in [6.45, 7) is 1.45. The third-order valence-electron chi connectivity index (χ3n) is 1.94. The number of rotatable bonds is 2. The summed E-state index contributed by atoms with van der Waals surface area (Å²) in [6.07, 6.45) is 5.15. The van der Waals surface area contributed by atoms with Crippen LogP contribution in [0.3, 0.4) is 0 Å². The first-order valence-electron chi connectivity index (χ1n) is 4.16. The first-order chi connectivity index (χ1) is 6.16. The Bertz CT molecular complexity index is 297. The normalized spacial score (nSPS) is 15.8. The van der Waals surface area contributed by atoms with Crippen LogP contribution in [0.4, 0.5) is 0 Å². The number of allylic oxidation sites excluding steroid dienone is 2. The molecule has 0 radical (unpaired) electrons. The van der Waals surface area contributed by atoms with Gasteiger partial charge in [-0.3, -0.25) is 4.79 Å². The number of Topliss-reactive ketones (excluding diaryl/α,β-unsaturated/α-hetero) is 1. The van der Waals surface area contributed by atoms with Crippen molar-refractivity contribution in [2.45, 2.75) is 19.8 Å². The third-order valence-corrected chi connectivity index (χ3v) is 1.94. The van der Waals surface area contributed by atoms with E-state index in [1.165, 1.54) is 14.0 Å². The average molecular weight is 180 g/mol. The summed E-state index contributed by atoms with van der Waals surface area (Å²) in [7, 11) is 1.32. The Kier molecular flexibility index (Phi) is 3.01. The van der Waals surface area contributed by atoms with Crippen LogP contribution in [0.1, 0.15) is 19.8 Å². The maximum atomic E-state index is 11.2. The molecule has 3 nitrogen and oxygen atoms in total. The molecule has 0 aromatic carbocycles. The van der Waals surface area contributed by atoms with E-state index in [1.807, 2.05) is 0 Å². The maximum absolute atomic E-state index is 11.2. The van der Waals surface area contributed by atoms with Crippen molar-refractivity contribution in [3.63, 3.8) is 0 Å². The van der Waals surface area contributed by atoms with Gasteiger partial charge in [-0.15, -0.1) is 0 Å². The lowest BCUT2D eigenvalue weighted by molar-refractivity contribution is -0.136. The van der Waals surface area contributed by atoms with Crippen molar-refractivity contribution in [2.75, 3.05) is 7.11 Å². The lowest BCUT2D eigenvalue weighted by Crippen LogP contribution is -2.13. The zero-order valence-corrected chi connectivity index (χ0v) is 7.79. The molecule has 0 saturated carbocycles. The van der Waals surface area contributed by atoms with E-state index in [2.05, 4.69) is 4.74 Å². The van der Waals surface area contributed by atoms with E-state index in [9.17, 15) is 9.59 Å². The summed E-state index contributed by atoms with van der Waals surface area (Å²) in [6, 6.07) is 0. The van der Waals surface area contributed by atoms with Gasteiger partial charge in [0.25, 0.3) is 0 Å². The molecule has 0 N–H and O–H groups in total. The second-order valence-corrected chi connectivity index (χ2v) is 2.86. The van der Waals surface area contributed by atoms with Gasteiger partial charge in [0.15, 0.2) is 5.78 Å². The molecular formula is C10H12O3. The van der Waals surface area contributed by atoms with Crippen LogP contribution in [0.15, 0.2) is 23.3 Å². The van der Waals surface area contributed by atoms with E-state index in [-0.39, 0.29) is 5.78 Å². The Labute approximate surface area is 77.1 Å². The van der Waals surface area contributed by atoms with Gasteiger partial charge in [0.1, 0.15) is 0 Å². The van der Waals surface area contributed by atoms with E-state index in [4.69, 9.17) is 0 Å². The summed E-state index contributed by atoms with van der Waals surface area (Å²) in [5.41, 5.74) is 0.888. The molecule has 1 rings (SSSR count). The highest BCUT2D eigenvalue weighted by Gasteiger charge is 2.19. The van der Waals surface area contributed by atoms with Crippen LogP contribution in [-0.4, -0.2) is 18.9 Å². The smallest absolute Gasteiger partial charge is 0.338 e. The molecule has 0 atom stereocenters. The van der Waals surface area contributed by atoms with E-state index >= 15 is 0 Å². The molecule has 0 unspecified atom stereocenters. The van der Waals surface area contributed by atoms with Crippen molar-refractivity contribution >= 4 is 11.8 Å². The number of hydrogen-bond donors (Lipinski definition) is 0. The van der Waals surface area contributed by atoms with Crippen LogP contribution < -0.4 is 0 Å². The molecule has 70 valence electrons. The first kappa shape index (κ1) is 9.71. The van der Waals surface area contributed by atoms with Crippen molar-refractivity contribution in [1.29, 1.82) is 0 Å². The first-order valence-corrected chi connectivity index (χ1v) is 4.16. The zero-order chi connectivity index (χ0) is 9.84. The topological polar surface area (TPSA) is 43.4 Å². The standard InChI is InChI=1S/C10H12O3/c1-7(11)8-5-3-4-6-9(8)10(12)13-2/h5-6H,3-4H2,1-2H3. The van der Waals surface area contributed by atoms with Gasteiger partial charge in [0.2, 0.25) is 0 Å². The van der Waals surface area contributed by atoms with Gasteiger partial charge in [0, 0.05) is 5.57 Å². The number of hydrogen-bond acceptors (Lipinski definition) is 3. The van der Waals surface area contributed by atoms with Gasteiger partial charge < -0.3 is 4.74 Å². The predicted molar refractivity (Wildman–Crippen MR) is 48.1 cm³/mol. The minimum atomic E-state index is -0.429. The molecule has 0 saturated heterocycles. The fourth-order valence-electron chi connectivity index (χ4n) is 1.31. The molecule has 0 aromatic rings. The molecule has 1 aliphatic rings. The number of carbonyl (C=O) groups is 2. The molecule has 0 amide bonds. The summed E-state index contributed by atoms with van der Waals surface area (Å²) in [4.78, 5) is 22.3. The predicted octanol–water partition coefficient (Wildman–Crippen LogP) is 1.39. The fraction of sp³-hybridized carbons (Fsp3) is 0.400. The highest BCUT2D eigenvalue weighted by molar-refractivity contribution is 6.09. The van der Waals surface area contributed by atoms with Gasteiger partial charge in [-0.25, -0.2) is 4.79 Å². The summed E-state index contributed by atoms with van der Waals surface area (Å²) in [5, 5.41) is 0. The number of ether oxygens (including phenoxy) is 1. The number of methoxy groups -OCH3 is 1. The number of esters is 1. The molecule has 1 aliphatic carbocycles. The minimum absolute atomic E-state index is 0.0867. The maximum Gasteiger partial charge on any atom is 0.338 e. The second kappa shape index (κ2) is 4.03. The van der Waals surface area contributed by atoms with Crippen molar-refractivity contribution in [3.05, 3.63) is 23.3 Å². The number of carbonyl (C=O) groups excluding carboxylic acids is 2. The molecule has 0 aliphatic heterocycles.